The van der Waals surface area contributed by atoms with Crippen LogP contribution in [0.5, 0.6) is 0 Å². The molecule has 7 heteroatoms. The van der Waals surface area contributed by atoms with E-state index < -0.39 is 28.0 Å². The van der Waals surface area contributed by atoms with Gasteiger partial charge in [0.05, 0.1) is 6.54 Å². The highest BCUT2D eigenvalue weighted by atomic mass is 32.2. The molecule has 1 aliphatic heterocycles. The Morgan fingerprint density at radius 3 is 2.45 bits per heavy atom. The van der Waals surface area contributed by atoms with Crippen molar-refractivity contribution in [2.45, 2.75) is 5.25 Å². The summed E-state index contributed by atoms with van der Waals surface area (Å²) < 4.78 is 29.0. The zero-order chi connectivity index (χ0) is 8.65. The highest BCUT2D eigenvalue weighted by Gasteiger charge is 2.44. The lowest BCUT2D eigenvalue weighted by molar-refractivity contribution is -0.143. The summed E-state index contributed by atoms with van der Waals surface area (Å²) >= 11 is 0. The molecule has 0 aromatic carbocycles. The number of nitrogens with zero attached hydrogens (tertiary/aromatic N) is 1. The number of hydrogen-bond acceptors (Lipinski definition) is 4. The first-order chi connectivity index (χ1) is 4.96. The highest BCUT2D eigenvalue weighted by Crippen LogP contribution is 2.15. The summed E-state index contributed by atoms with van der Waals surface area (Å²) in [5, 5.41) is 7.00. The predicted octanol–water partition coefficient (Wildman–Crippen LogP) is -1.97. The normalized spacial score (nSPS) is 25.1. The second-order valence-electron chi connectivity index (χ2n) is 2.21. The van der Waals surface area contributed by atoms with E-state index in [4.69, 9.17) is 9.66 Å². The number of hydrogen-bond donors (Lipinski definition) is 2. The Labute approximate surface area is 63.2 Å². The van der Waals surface area contributed by atoms with Gasteiger partial charge >= 0.3 is 0 Å². The third-order valence-electron chi connectivity index (χ3n) is 1.50. The van der Waals surface area contributed by atoms with Crippen LogP contribution in [0.4, 0.5) is 0 Å². The lowest BCUT2D eigenvalue weighted by Gasteiger charge is -2.34. The molecule has 6 nitrogen and oxygen atoms in total. The maximum Gasteiger partial charge on any atom is 0.278 e. The number of amides is 1. The Hall–Kier alpha value is -0.660. The summed E-state index contributed by atoms with van der Waals surface area (Å²) in [6, 6.07) is 0. The number of likely N-dealkylation sites (tertiary alicyclic amines) is 1. The number of carbonyl (C=O) groups is 1. The van der Waals surface area contributed by atoms with Gasteiger partial charge < -0.3 is 10.0 Å². The van der Waals surface area contributed by atoms with Gasteiger partial charge in [-0.2, -0.15) is 8.42 Å². The van der Waals surface area contributed by atoms with Gasteiger partial charge in [-0.3, -0.25) is 9.35 Å². The van der Waals surface area contributed by atoms with Crippen LogP contribution in [0.3, 0.4) is 0 Å². The minimum Gasteiger partial charge on any atom is -0.376 e. The van der Waals surface area contributed by atoms with E-state index in [1.165, 1.54) is 0 Å². The van der Waals surface area contributed by atoms with Crippen molar-refractivity contribution in [2.24, 2.45) is 0 Å². The third-order valence-corrected chi connectivity index (χ3v) is 2.57. The highest BCUT2D eigenvalue weighted by molar-refractivity contribution is 7.87. The van der Waals surface area contributed by atoms with Gasteiger partial charge in [0.2, 0.25) is 5.91 Å². The molecule has 0 aliphatic carbocycles. The summed E-state index contributed by atoms with van der Waals surface area (Å²) in [6.45, 7) is -0.640. The van der Waals surface area contributed by atoms with Gasteiger partial charge in [-0.25, -0.2) is 0 Å². The van der Waals surface area contributed by atoms with Crippen molar-refractivity contribution < 1.29 is 22.9 Å². The molecular weight excluding hydrogens is 174 g/mol. The minimum atomic E-state index is -4.26. The molecule has 1 atom stereocenters. The Morgan fingerprint density at radius 1 is 1.64 bits per heavy atom. The molecule has 0 radical (unpaired) electrons. The number of carbonyl (C=O) groups excluding carboxylic acids is 1. The summed E-state index contributed by atoms with van der Waals surface area (Å²) in [6.07, 6.45) is 0. The SMILES string of the molecule is O=C1C(S(=O)(=O)O)CN1CO. The number of rotatable bonds is 2. The first-order valence-corrected chi connectivity index (χ1v) is 4.33. The van der Waals surface area contributed by atoms with Gasteiger partial charge in [-0.05, 0) is 0 Å². The van der Waals surface area contributed by atoms with Crippen molar-refractivity contribution in [2.75, 3.05) is 13.3 Å². The van der Waals surface area contributed by atoms with Crippen LogP contribution in [0.15, 0.2) is 0 Å². The predicted molar refractivity (Wildman–Crippen MR) is 34.1 cm³/mol. The molecule has 1 fully saturated rings. The fraction of sp³-hybridized carbons (Fsp3) is 0.750. The lowest BCUT2D eigenvalue weighted by atomic mass is 10.2. The van der Waals surface area contributed by atoms with E-state index in [0.717, 1.165) is 4.90 Å². The Morgan fingerprint density at radius 2 is 2.18 bits per heavy atom. The van der Waals surface area contributed by atoms with Crippen molar-refractivity contribution in [1.29, 1.82) is 0 Å². The van der Waals surface area contributed by atoms with Gasteiger partial charge in [-0.1, -0.05) is 0 Å². The van der Waals surface area contributed by atoms with Gasteiger partial charge in [0, 0.05) is 0 Å². The van der Waals surface area contributed by atoms with Gasteiger partial charge in [0.1, 0.15) is 6.73 Å². The van der Waals surface area contributed by atoms with E-state index in [2.05, 4.69) is 0 Å². The molecule has 1 amide bonds. The van der Waals surface area contributed by atoms with Crippen molar-refractivity contribution >= 4 is 16.0 Å². The molecule has 0 bridgehead atoms. The van der Waals surface area contributed by atoms with Crippen LogP contribution in [0.2, 0.25) is 0 Å². The van der Waals surface area contributed by atoms with Crippen molar-refractivity contribution in [3.8, 4) is 0 Å². The average molecular weight is 181 g/mol. The molecule has 0 spiro atoms. The standard InChI is InChI=1S/C4H7NO5S/c6-2-5-1-3(4(5)7)11(8,9)10/h3,6H,1-2H2,(H,8,9,10). The Bertz CT molecular complexity index is 270. The maximum absolute atomic E-state index is 10.7. The van der Waals surface area contributed by atoms with Gasteiger partial charge in [-0.15, -0.1) is 0 Å². The van der Waals surface area contributed by atoms with E-state index in [9.17, 15) is 13.2 Å². The fourth-order valence-corrected chi connectivity index (χ4v) is 1.58. The molecule has 0 aromatic heterocycles. The van der Waals surface area contributed by atoms with Gasteiger partial charge in [0.15, 0.2) is 5.25 Å². The molecule has 1 unspecified atom stereocenters. The van der Waals surface area contributed by atoms with E-state index in [1.807, 2.05) is 0 Å². The van der Waals surface area contributed by atoms with Crippen molar-refractivity contribution in [3.05, 3.63) is 0 Å². The summed E-state index contributed by atoms with van der Waals surface area (Å²) in [4.78, 5) is 11.6. The lowest BCUT2D eigenvalue weighted by Crippen LogP contribution is -2.59. The van der Waals surface area contributed by atoms with Crippen LogP contribution < -0.4 is 0 Å². The number of aliphatic hydroxyl groups excluding tert-OH is 1. The second-order valence-corrected chi connectivity index (χ2v) is 3.80. The molecule has 64 valence electrons. The van der Waals surface area contributed by atoms with E-state index in [1.54, 1.807) is 0 Å². The van der Waals surface area contributed by atoms with Crippen molar-refractivity contribution in [3.63, 3.8) is 0 Å². The molecule has 0 saturated carbocycles. The summed E-state index contributed by atoms with van der Waals surface area (Å²) in [5.41, 5.74) is 0. The molecule has 1 saturated heterocycles. The minimum absolute atomic E-state index is 0.131. The smallest absolute Gasteiger partial charge is 0.278 e. The second kappa shape index (κ2) is 2.43. The zero-order valence-corrected chi connectivity index (χ0v) is 6.28. The van der Waals surface area contributed by atoms with Crippen LogP contribution in [0.25, 0.3) is 0 Å². The molecule has 11 heavy (non-hydrogen) atoms. The molecule has 1 aliphatic rings. The summed E-state index contributed by atoms with van der Waals surface area (Å²) in [5.74, 6) is -0.755. The molecular formula is C4H7NO5S. The van der Waals surface area contributed by atoms with Crippen LogP contribution in [0, 0.1) is 0 Å². The van der Waals surface area contributed by atoms with E-state index >= 15 is 0 Å². The first kappa shape index (κ1) is 8.44. The molecule has 1 rings (SSSR count). The molecule has 2 N–H and O–H groups in total. The Balaban J connectivity index is 2.66. The molecule has 0 aromatic rings. The van der Waals surface area contributed by atoms with Crippen LogP contribution in [-0.4, -0.2) is 47.4 Å². The van der Waals surface area contributed by atoms with Crippen molar-refractivity contribution in [1.82, 2.24) is 4.90 Å². The number of aliphatic hydroxyl groups is 1. The summed E-state index contributed by atoms with van der Waals surface area (Å²) in [7, 11) is -4.26. The largest absolute Gasteiger partial charge is 0.376 e. The maximum atomic E-state index is 10.7. The third kappa shape index (κ3) is 1.35. The quantitative estimate of drug-likeness (QED) is 0.381. The van der Waals surface area contributed by atoms with Crippen LogP contribution >= 0.6 is 0 Å². The fourth-order valence-electron chi connectivity index (χ4n) is 0.808. The Kier molecular flexibility index (Phi) is 1.87. The van der Waals surface area contributed by atoms with E-state index in [-0.39, 0.29) is 6.54 Å². The monoisotopic (exact) mass is 181 g/mol. The van der Waals surface area contributed by atoms with Crippen LogP contribution in [0.1, 0.15) is 0 Å². The van der Waals surface area contributed by atoms with E-state index in [0.29, 0.717) is 0 Å². The van der Waals surface area contributed by atoms with Crippen LogP contribution in [-0.2, 0) is 14.9 Å². The average Bonchev–Trinajstić information content (AvgIpc) is 1.83. The number of β-lactam (4-membered cyclic amide) rings is 1. The van der Waals surface area contributed by atoms with Gasteiger partial charge in [0.25, 0.3) is 10.1 Å². The topological polar surface area (TPSA) is 94.9 Å². The first-order valence-electron chi connectivity index (χ1n) is 2.82. The zero-order valence-electron chi connectivity index (χ0n) is 5.47. The molecule has 1 heterocycles.